The van der Waals surface area contributed by atoms with Gasteiger partial charge in [-0.1, -0.05) is 41.0 Å². The molecule has 21 heavy (non-hydrogen) atoms. The zero-order valence-electron chi connectivity index (χ0n) is 14.3. The predicted octanol–water partition coefficient (Wildman–Crippen LogP) is 3.75. The zero-order valence-corrected chi connectivity index (χ0v) is 14.3. The second kappa shape index (κ2) is 7.48. The minimum Gasteiger partial charge on any atom is -0.476 e. The lowest BCUT2D eigenvalue weighted by Gasteiger charge is -2.22. The Bertz CT molecular complexity index is 454. The molecule has 0 bridgehead atoms. The molecule has 0 saturated heterocycles. The molecule has 0 fully saturated rings. The molecule has 1 heterocycles. The number of nitrogens with one attached hydrogen (secondary N) is 1. The number of nitrogens with zero attached hydrogens (tertiary/aromatic N) is 2. The minimum absolute atomic E-state index is 0.150. The van der Waals surface area contributed by atoms with Crippen molar-refractivity contribution in [1.29, 1.82) is 0 Å². The molecule has 0 aliphatic carbocycles. The average molecular weight is 294 g/mol. The Balaban J connectivity index is 3.13. The standard InChI is InChI=1S/C16H30N4O/c1-7-9-10-21-14-12(17)13(18-11(3)8-2)19-15(20-14)16(4,5)6/h11H,7-10,17H2,1-6H3,(H,18,19,20). The lowest BCUT2D eigenvalue weighted by Crippen LogP contribution is -2.22. The summed E-state index contributed by atoms with van der Waals surface area (Å²) in [4.78, 5) is 9.10. The first-order valence-electron chi connectivity index (χ1n) is 7.86. The van der Waals surface area contributed by atoms with Crippen molar-refractivity contribution in [3.05, 3.63) is 5.82 Å². The molecule has 0 saturated carbocycles. The smallest absolute Gasteiger partial charge is 0.242 e. The molecule has 0 spiro atoms. The van der Waals surface area contributed by atoms with Gasteiger partial charge in [-0.05, 0) is 19.8 Å². The largest absolute Gasteiger partial charge is 0.476 e. The van der Waals surface area contributed by atoms with Gasteiger partial charge in [0.25, 0.3) is 0 Å². The summed E-state index contributed by atoms with van der Waals surface area (Å²) in [5.41, 5.74) is 6.52. The van der Waals surface area contributed by atoms with E-state index in [2.05, 4.69) is 56.8 Å². The van der Waals surface area contributed by atoms with E-state index in [1.54, 1.807) is 0 Å². The molecule has 1 rings (SSSR count). The number of aromatic nitrogens is 2. The Kier molecular flexibility index (Phi) is 6.24. The summed E-state index contributed by atoms with van der Waals surface area (Å²) in [5, 5.41) is 3.35. The average Bonchev–Trinajstić information content (AvgIpc) is 2.41. The molecule has 3 N–H and O–H groups in total. The minimum atomic E-state index is -0.150. The molecule has 0 aliphatic heterocycles. The first kappa shape index (κ1) is 17.5. The van der Waals surface area contributed by atoms with Gasteiger partial charge in [-0.25, -0.2) is 4.98 Å². The summed E-state index contributed by atoms with van der Waals surface area (Å²) in [6.45, 7) is 13.2. The van der Waals surface area contributed by atoms with Crippen LogP contribution in [0.3, 0.4) is 0 Å². The van der Waals surface area contributed by atoms with E-state index in [9.17, 15) is 0 Å². The van der Waals surface area contributed by atoms with Crippen molar-refractivity contribution in [3.63, 3.8) is 0 Å². The van der Waals surface area contributed by atoms with Crippen LogP contribution in [0.1, 0.15) is 66.6 Å². The van der Waals surface area contributed by atoms with E-state index in [0.29, 0.717) is 30.0 Å². The highest BCUT2D eigenvalue weighted by atomic mass is 16.5. The molecular weight excluding hydrogens is 264 g/mol. The fraction of sp³-hybridized carbons (Fsp3) is 0.750. The van der Waals surface area contributed by atoms with E-state index in [1.807, 2.05) is 0 Å². The number of rotatable bonds is 7. The molecular formula is C16H30N4O. The van der Waals surface area contributed by atoms with Crippen LogP contribution in [0.15, 0.2) is 0 Å². The third-order valence-electron chi connectivity index (χ3n) is 3.31. The maximum absolute atomic E-state index is 6.17. The molecule has 5 heteroatoms. The van der Waals surface area contributed by atoms with Crippen LogP contribution in [-0.2, 0) is 5.41 Å². The van der Waals surface area contributed by atoms with Crippen molar-refractivity contribution in [2.45, 2.75) is 72.3 Å². The molecule has 0 aromatic carbocycles. The van der Waals surface area contributed by atoms with Gasteiger partial charge in [-0.2, -0.15) is 4.98 Å². The van der Waals surface area contributed by atoms with E-state index in [1.165, 1.54) is 0 Å². The van der Waals surface area contributed by atoms with Crippen molar-refractivity contribution in [2.24, 2.45) is 0 Å². The summed E-state index contributed by atoms with van der Waals surface area (Å²) in [6.07, 6.45) is 3.07. The molecule has 0 amide bonds. The third kappa shape index (κ3) is 5.06. The maximum atomic E-state index is 6.17. The number of hydrogen-bond donors (Lipinski definition) is 2. The summed E-state index contributed by atoms with van der Waals surface area (Å²) in [6, 6.07) is 0.304. The Morgan fingerprint density at radius 1 is 1.24 bits per heavy atom. The first-order chi connectivity index (χ1) is 9.79. The van der Waals surface area contributed by atoms with Crippen LogP contribution in [-0.4, -0.2) is 22.6 Å². The van der Waals surface area contributed by atoms with Gasteiger partial charge in [0.05, 0.1) is 6.61 Å². The van der Waals surface area contributed by atoms with E-state index in [-0.39, 0.29) is 5.41 Å². The molecule has 0 aliphatic rings. The SMILES string of the molecule is CCCCOc1nc(C(C)(C)C)nc(NC(C)CC)c1N. The Hall–Kier alpha value is -1.52. The van der Waals surface area contributed by atoms with Crippen LogP contribution in [0.5, 0.6) is 5.88 Å². The summed E-state index contributed by atoms with van der Waals surface area (Å²) < 4.78 is 5.75. The van der Waals surface area contributed by atoms with Gasteiger partial charge in [0.2, 0.25) is 5.88 Å². The van der Waals surface area contributed by atoms with E-state index in [0.717, 1.165) is 25.1 Å². The summed E-state index contributed by atoms with van der Waals surface area (Å²) in [7, 11) is 0. The molecule has 120 valence electrons. The van der Waals surface area contributed by atoms with Gasteiger partial charge in [0.15, 0.2) is 5.82 Å². The highest BCUT2D eigenvalue weighted by Gasteiger charge is 2.22. The second-order valence-electron chi connectivity index (χ2n) is 6.52. The number of hydrogen-bond acceptors (Lipinski definition) is 5. The third-order valence-corrected chi connectivity index (χ3v) is 3.31. The zero-order chi connectivity index (χ0) is 16.0. The molecule has 1 aromatic heterocycles. The number of unbranched alkanes of at least 4 members (excludes halogenated alkanes) is 1. The van der Waals surface area contributed by atoms with Gasteiger partial charge in [0, 0.05) is 11.5 Å². The molecule has 1 aromatic rings. The van der Waals surface area contributed by atoms with Crippen molar-refractivity contribution in [2.75, 3.05) is 17.7 Å². The lowest BCUT2D eigenvalue weighted by molar-refractivity contribution is 0.296. The Morgan fingerprint density at radius 2 is 1.90 bits per heavy atom. The highest BCUT2D eigenvalue weighted by molar-refractivity contribution is 5.67. The number of ether oxygens (including phenoxy) is 1. The van der Waals surface area contributed by atoms with Crippen molar-refractivity contribution >= 4 is 11.5 Å². The monoisotopic (exact) mass is 294 g/mol. The quantitative estimate of drug-likeness (QED) is 0.749. The van der Waals surface area contributed by atoms with Gasteiger partial charge in [0.1, 0.15) is 11.5 Å². The van der Waals surface area contributed by atoms with Crippen molar-refractivity contribution < 1.29 is 4.74 Å². The lowest BCUT2D eigenvalue weighted by atomic mass is 9.95. The van der Waals surface area contributed by atoms with Gasteiger partial charge in [-0.15, -0.1) is 0 Å². The second-order valence-corrected chi connectivity index (χ2v) is 6.52. The van der Waals surface area contributed by atoms with Crippen LogP contribution < -0.4 is 15.8 Å². The van der Waals surface area contributed by atoms with Gasteiger partial charge in [-0.3, -0.25) is 0 Å². The van der Waals surface area contributed by atoms with Crippen LogP contribution in [0.25, 0.3) is 0 Å². The van der Waals surface area contributed by atoms with E-state index < -0.39 is 0 Å². The number of anilines is 2. The summed E-state index contributed by atoms with van der Waals surface area (Å²) >= 11 is 0. The fourth-order valence-electron chi connectivity index (χ4n) is 1.65. The van der Waals surface area contributed by atoms with E-state index in [4.69, 9.17) is 10.5 Å². The maximum Gasteiger partial charge on any atom is 0.242 e. The van der Waals surface area contributed by atoms with Gasteiger partial charge < -0.3 is 15.8 Å². The molecule has 1 unspecified atom stereocenters. The highest BCUT2D eigenvalue weighted by Crippen LogP contribution is 2.31. The Morgan fingerprint density at radius 3 is 2.43 bits per heavy atom. The Labute approximate surface area is 128 Å². The topological polar surface area (TPSA) is 73.1 Å². The molecule has 0 radical (unpaired) electrons. The number of nitrogens with two attached hydrogens (primary N) is 1. The van der Waals surface area contributed by atoms with Crippen molar-refractivity contribution in [3.8, 4) is 5.88 Å². The van der Waals surface area contributed by atoms with Crippen LogP contribution >= 0.6 is 0 Å². The number of nitrogen functional groups attached to an aromatic ring is 1. The molecule has 1 atom stereocenters. The van der Waals surface area contributed by atoms with Crippen LogP contribution in [0, 0.1) is 0 Å². The fourth-order valence-corrected chi connectivity index (χ4v) is 1.65. The molecule has 5 nitrogen and oxygen atoms in total. The van der Waals surface area contributed by atoms with Gasteiger partial charge >= 0.3 is 0 Å². The van der Waals surface area contributed by atoms with Crippen LogP contribution in [0.4, 0.5) is 11.5 Å². The first-order valence-corrected chi connectivity index (χ1v) is 7.86. The predicted molar refractivity (Wildman–Crippen MR) is 88.9 cm³/mol. The summed E-state index contributed by atoms with van der Waals surface area (Å²) in [5.74, 6) is 1.92. The normalized spacial score (nSPS) is 13.0. The van der Waals surface area contributed by atoms with Crippen LogP contribution in [0.2, 0.25) is 0 Å². The van der Waals surface area contributed by atoms with Crippen molar-refractivity contribution in [1.82, 2.24) is 9.97 Å². The van der Waals surface area contributed by atoms with E-state index >= 15 is 0 Å².